The third-order valence-corrected chi connectivity index (χ3v) is 3.81. The number of carbonyl (C=O) groups is 1. The van der Waals surface area contributed by atoms with Gasteiger partial charge in [-0.25, -0.2) is 9.37 Å². The van der Waals surface area contributed by atoms with Crippen molar-refractivity contribution < 1.29 is 9.18 Å². The number of hydrogen-bond donors (Lipinski definition) is 1. The Morgan fingerprint density at radius 1 is 1.27 bits per heavy atom. The van der Waals surface area contributed by atoms with E-state index in [1.165, 1.54) is 12.1 Å². The molecule has 0 aliphatic heterocycles. The van der Waals surface area contributed by atoms with E-state index in [0.717, 1.165) is 10.0 Å². The summed E-state index contributed by atoms with van der Waals surface area (Å²) in [5.74, 6) is -0.509. The van der Waals surface area contributed by atoms with Gasteiger partial charge >= 0.3 is 0 Å². The second-order valence-electron chi connectivity index (χ2n) is 4.93. The van der Waals surface area contributed by atoms with Crippen LogP contribution >= 0.6 is 15.9 Å². The fourth-order valence-electron chi connectivity index (χ4n) is 2.28. The molecule has 1 N–H and O–H groups in total. The standard InChI is InChI=1S/C16H13BrFN3O/c1-10-15(21-9-12(17)4-7-14(21)20-10)16(22)19-8-11-2-5-13(18)6-3-11/h2-7,9H,8H2,1H3,(H,19,22). The number of aryl methyl sites for hydroxylation is 1. The molecule has 0 fully saturated rings. The first-order valence-corrected chi connectivity index (χ1v) is 7.51. The topological polar surface area (TPSA) is 46.4 Å². The van der Waals surface area contributed by atoms with Crippen molar-refractivity contribution in [3.63, 3.8) is 0 Å². The monoisotopic (exact) mass is 361 g/mol. The van der Waals surface area contributed by atoms with Gasteiger partial charge in [-0.15, -0.1) is 0 Å². The largest absolute Gasteiger partial charge is 0.347 e. The first kappa shape index (κ1) is 14.7. The van der Waals surface area contributed by atoms with Crippen LogP contribution in [-0.2, 0) is 6.54 Å². The highest BCUT2D eigenvalue weighted by Crippen LogP contribution is 2.16. The van der Waals surface area contributed by atoms with Crippen LogP contribution in [0.1, 0.15) is 21.7 Å². The van der Waals surface area contributed by atoms with Gasteiger partial charge in [0, 0.05) is 17.2 Å². The summed E-state index contributed by atoms with van der Waals surface area (Å²) in [6.45, 7) is 2.13. The van der Waals surface area contributed by atoms with Gasteiger partial charge in [-0.3, -0.25) is 9.20 Å². The lowest BCUT2D eigenvalue weighted by Gasteiger charge is -2.06. The summed E-state index contributed by atoms with van der Waals surface area (Å²) in [6, 6.07) is 9.76. The fraction of sp³-hybridized carbons (Fsp3) is 0.125. The van der Waals surface area contributed by atoms with E-state index in [1.807, 2.05) is 18.3 Å². The van der Waals surface area contributed by atoms with Crippen LogP contribution in [-0.4, -0.2) is 15.3 Å². The molecule has 0 aliphatic carbocycles. The van der Waals surface area contributed by atoms with Crippen molar-refractivity contribution in [2.45, 2.75) is 13.5 Å². The minimum Gasteiger partial charge on any atom is -0.347 e. The maximum absolute atomic E-state index is 12.9. The Morgan fingerprint density at radius 3 is 2.73 bits per heavy atom. The molecule has 4 nitrogen and oxygen atoms in total. The summed E-state index contributed by atoms with van der Waals surface area (Å²) in [4.78, 5) is 16.8. The zero-order chi connectivity index (χ0) is 15.7. The van der Waals surface area contributed by atoms with Crippen molar-refractivity contribution in [3.8, 4) is 0 Å². The van der Waals surface area contributed by atoms with E-state index in [-0.39, 0.29) is 11.7 Å². The average molecular weight is 362 g/mol. The maximum Gasteiger partial charge on any atom is 0.270 e. The number of hydrogen-bond acceptors (Lipinski definition) is 2. The van der Waals surface area contributed by atoms with E-state index in [2.05, 4.69) is 26.2 Å². The summed E-state index contributed by atoms with van der Waals surface area (Å²) in [6.07, 6.45) is 1.81. The van der Waals surface area contributed by atoms with Crippen molar-refractivity contribution in [2.24, 2.45) is 0 Å². The van der Waals surface area contributed by atoms with Crippen LogP contribution in [0, 0.1) is 12.7 Å². The Labute approximate surface area is 135 Å². The zero-order valence-electron chi connectivity index (χ0n) is 11.8. The van der Waals surface area contributed by atoms with Crippen molar-refractivity contribution in [1.29, 1.82) is 0 Å². The predicted molar refractivity (Wildman–Crippen MR) is 85.2 cm³/mol. The van der Waals surface area contributed by atoms with Crippen molar-refractivity contribution in [1.82, 2.24) is 14.7 Å². The first-order valence-electron chi connectivity index (χ1n) is 6.71. The van der Waals surface area contributed by atoms with Gasteiger partial charge in [-0.2, -0.15) is 0 Å². The van der Waals surface area contributed by atoms with Crippen LogP contribution in [0.5, 0.6) is 0 Å². The van der Waals surface area contributed by atoms with E-state index in [9.17, 15) is 9.18 Å². The number of aromatic nitrogens is 2. The van der Waals surface area contributed by atoms with Gasteiger partial charge in [0.2, 0.25) is 0 Å². The highest BCUT2D eigenvalue weighted by molar-refractivity contribution is 9.10. The Kier molecular flexibility index (Phi) is 3.94. The molecule has 112 valence electrons. The highest BCUT2D eigenvalue weighted by Gasteiger charge is 2.16. The van der Waals surface area contributed by atoms with Crippen LogP contribution in [0.2, 0.25) is 0 Å². The van der Waals surface area contributed by atoms with Crippen LogP contribution in [0.4, 0.5) is 4.39 Å². The second-order valence-corrected chi connectivity index (χ2v) is 5.85. The van der Waals surface area contributed by atoms with E-state index in [4.69, 9.17) is 0 Å². The third kappa shape index (κ3) is 2.87. The number of pyridine rings is 1. The number of nitrogens with one attached hydrogen (secondary N) is 1. The number of nitrogens with zero attached hydrogens (tertiary/aromatic N) is 2. The molecular weight excluding hydrogens is 349 g/mol. The molecule has 0 aliphatic rings. The lowest BCUT2D eigenvalue weighted by Crippen LogP contribution is -2.25. The first-order chi connectivity index (χ1) is 10.5. The molecule has 0 radical (unpaired) electrons. The molecule has 0 spiro atoms. The fourth-order valence-corrected chi connectivity index (χ4v) is 2.62. The molecule has 0 bridgehead atoms. The normalized spacial score (nSPS) is 10.9. The number of imidazole rings is 1. The molecule has 3 rings (SSSR count). The number of rotatable bonds is 3. The average Bonchev–Trinajstić information content (AvgIpc) is 2.81. The summed E-state index contributed by atoms with van der Waals surface area (Å²) in [7, 11) is 0. The molecule has 2 aromatic heterocycles. The van der Waals surface area contributed by atoms with Crippen molar-refractivity contribution >= 4 is 27.5 Å². The number of amides is 1. The van der Waals surface area contributed by atoms with E-state index in [1.54, 1.807) is 23.5 Å². The number of fused-ring (bicyclic) bond motifs is 1. The Balaban J connectivity index is 1.84. The van der Waals surface area contributed by atoms with Gasteiger partial charge in [0.25, 0.3) is 5.91 Å². The molecule has 6 heteroatoms. The van der Waals surface area contributed by atoms with Gasteiger partial charge in [-0.1, -0.05) is 12.1 Å². The Bertz CT molecular complexity index is 842. The predicted octanol–water partition coefficient (Wildman–Crippen LogP) is 3.47. The molecule has 0 atom stereocenters. The molecule has 0 saturated carbocycles. The van der Waals surface area contributed by atoms with E-state index in [0.29, 0.717) is 23.6 Å². The van der Waals surface area contributed by atoms with Gasteiger partial charge in [0.05, 0.1) is 5.69 Å². The lowest BCUT2D eigenvalue weighted by atomic mass is 10.2. The number of benzene rings is 1. The maximum atomic E-state index is 12.9. The van der Waals surface area contributed by atoms with Crippen LogP contribution in [0.3, 0.4) is 0 Å². The smallest absolute Gasteiger partial charge is 0.270 e. The minimum atomic E-state index is -0.294. The molecule has 1 aromatic carbocycles. The van der Waals surface area contributed by atoms with Gasteiger partial charge in [0.15, 0.2) is 0 Å². The molecule has 3 aromatic rings. The van der Waals surface area contributed by atoms with Crippen LogP contribution in [0.25, 0.3) is 5.65 Å². The van der Waals surface area contributed by atoms with Crippen LogP contribution in [0.15, 0.2) is 47.1 Å². The number of carbonyl (C=O) groups excluding carboxylic acids is 1. The van der Waals surface area contributed by atoms with Gasteiger partial charge in [0.1, 0.15) is 17.2 Å². The Hall–Kier alpha value is -2.21. The number of halogens is 2. The van der Waals surface area contributed by atoms with Crippen molar-refractivity contribution in [2.75, 3.05) is 0 Å². The van der Waals surface area contributed by atoms with E-state index < -0.39 is 0 Å². The van der Waals surface area contributed by atoms with Gasteiger partial charge in [-0.05, 0) is 52.7 Å². The Morgan fingerprint density at radius 2 is 2.00 bits per heavy atom. The minimum absolute atomic E-state index is 0.215. The SMILES string of the molecule is Cc1nc2ccc(Br)cn2c1C(=O)NCc1ccc(F)cc1. The molecule has 22 heavy (non-hydrogen) atoms. The lowest BCUT2D eigenvalue weighted by molar-refractivity contribution is 0.0944. The summed E-state index contributed by atoms with van der Waals surface area (Å²) < 4.78 is 15.5. The van der Waals surface area contributed by atoms with Crippen LogP contribution < -0.4 is 5.32 Å². The van der Waals surface area contributed by atoms with Gasteiger partial charge < -0.3 is 5.32 Å². The third-order valence-electron chi connectivity index (χ3n) is 3.34. The zero-order valence-corrected chi connectivity index (χ0v) is 13.4. The molecule has 1 amide bonds. The summed E-state index contributed by atoms with van der Waals surface area (Å²) in [5.41, 5.74) is 2.71. The highest BCUT2D eigenvalue weighted by atomic mass is 79.9. The summed E-state index contributed by atoms with van der Waals surface area (Å²) in [5, 5.41) is 2.84. The molecular formula is C16H13BrFN3O. The molecule has 0 unspecified atom stereocenters. The van der Waals surface area contributed by atoms with Crippen molar-refractivity contribution in [3.05, 3.63) is 69.8 Å². The molecule has 2 heterocycles. The quantitative estimate of drug-likeness (QED) is 0.776. The second kappa shape index (κ2) is 5.88. The molecule has 0 saturated heterocycles. The van der Waals surface area contributed by atoms with E-state index >= 15 is 0 Å². The summed E-state index contributed by atoms with van der Waals surface area (Å²) >= 11 is 3.39.